The number of halogens is 1. The van der Waals surface area contributed by atoms with Gasteiger partial charge in [0.15, 0.2) is 0 Å². The second-order valence-electron chi connectivity index (χ2n) is 5.52. The number of alkyl halides is 1. The quantitative estimate of drug-likeness (QED) is 0.442. The molecule has 1 aliphatic rings. The molecule has 0 nitrogen and oxygen atoms in total. The van der Waals surface area contributed by atoms with Crippen LogP contribution in [0, 0.1) is 0 Å². The fourth-order valence-corrected chi connectivity index (χ4v) is 4.81. The van der Waals surface area contributed by atoms with Gasteiger partial charge in [-0.1, -0.05) is 107 Å². The molecule has 0 atom stereocenters. The van der Waals surface area contributed by atoms with E-state index in [-0.39, 0.29) is 0 Å². The highest BCUT2D eigenvalue weighted by molar-refractivity contribution is 9.09. The van der Waals surface area contributed by atoms with Crippen LogP contribution in [-0.2, 0) is 0 Å². The van der Waals surface area contributed by atoms with Crippen LogP contribution in [-0.4, -0.2) is 4.83 Å². The molecule has 0 amide bonds. The van der Waals surface area contributed by atoms with Gasteiger partial charge in [-0.2, -0.15) is 0 Å². The van der Waals surface area contributed by atoms with Crippen molar-refractivity contribution in [1.82, 2.24) is 0 Å². The Morgan fingerprint density at radius 2 is 0.826 bits per heavy atom. The van der Waals surface area contributed by atoms with Gasteiger partial charge in [0.25, 0.3) is 0 Å². The van der Waals surface area contributed by atoms with E-state index >= 15 is 0 Å². The van der Waals surface area contributed by atoms with Crippen molar-refractivity contribution in [1.29, 1.82) is 0 Å². The predicted octanol–water partition coefficient (Wildman–Crippen LogP) is 4.99. The van der Waals surface area contributed by atoms with E-state index < -0.39 is 7.92 Å². The lowest BCUT2D eigenvalue weighted by Crippen LogP contribution is -2.20. The Balaban J connectivity index is 0.000000341. The van der Waals surface area contributed by atoms with Gasteiger partial charge in [-0.15, -0.1) is 0 Å². The molecule has 116 valence electrons. The number of benzene rings is 3. The molecule has 0 aliphatic heterocycles. The molecule has 0 saturated heterocycles. The lowest BCUT2D eigenvalue weighted by atomic mass is 10.4. The Kier molecular flexibility index (Phi) is 6.02. The Hall–Kier alpha value is -1.43. The lowest BCUT2D eigenvalue weighted by molar-refractivity contribution is 1.50. The molecular formula is C21H20BrP. The monoisotopic (exact) mass is 382 g/mol. The van der Waals surface area contributed by atoms with Gasteiger partial charge in [0, 0.05) is 4.83 Å². The molecule has 0 unspecified atom stereocenters. The third kappa shape index (κ3) is 5.03. The minimum atomic E-state index is -0.446. The zero-order valence-corrected chi connectivity index (χ0v) is 15.5. The molecule has 2 heteroatoms. The van der Waals surface area contributed by atoms with Crippen molar-refractivity contribution in [2.45, 2.75) is 17.7 Å². The molecule has 23 heavy (non-hydrogen) atoms. The summed E-state index contributed by atoms with van der Waals surface area (Å²) in [5, 5.41) is 4.19. The average molecular weight is 383 g/mol. The maximum absolute atomic E-state index is 3.38. The van der Waals surface area contributed by atoms with Crippen LogP contribution >= 0.6 is 23.9 Å². The summed E-state index contributed by atoms with van der Waals surface area (Å²) < 4.78 is 0. The third-order valence-corrected chi connectivity index (χ3v) is 6.91. The van der Waals surface area contributed by atoms with E-state index in [0.29, 0.717) is 0 Å². The molecule has 0 aromatic heterocycles. The van der Waals surface area contributed by atoms with E-state index in [1.54, 1.807) is 0 Å². The molecule has 0 N–H and O–H groups in total. The van der Waals surface area contributed by atoms with Gasteiger partial charge in [-0.3, -0.25) is 0 Å². The molecule has 0 spiro atoms. The topological polar surface area (TPSA) is 0 Å². The van der Waals surface area contributed by atoms with E-state index in [4.69, 9.17) is 0 Å². The van der Waals surface area contributed by atoms with Crippen molar-refractivity contribution in [2.24, 2.45) is 0 Å². The summed E-state index contributed by atoms with van der Waals surface area (Å²) in [6, 6.07) is 32.3. The van der Waals surface area contributed by atoms with Gasteiger partial charge in [0.05, 0.1) is 0 Å². The summed E-state index contributed by atoms with van der Waals surface area (Å²) in [4.78, 5) is 0.896. The number of rotatable bonds is 3. The van der Waals surface area contributed by atoms with Crippen LogP contribution in [0.5, 0.6) is 0 Å². The summed E-state index contributed by atoms with van der Waals surface area (Å²) >= 11 is 3.38. The zero-order valence-electron chi connectivity index (χ0n) is 13.0. The van der Waals surface area contributed by atoms with Crippen molar-refractivity contribution >= 4 is 39.8 Å². The first kappa shape index (κ1) is 16.4. The van der Waals surface area contributed by atoms with Gasteiger partial charge in [-0.25, -0.2) is 0 Å². The highest BCUT2D eigenvalue weighted by Crippen LogP contribution is 2.32. The van der Waals surface area contributed by atoms with Crippen LogP contribution in [0.25, 0.3) is 0 Å². The van der Waals surface area contributed by atoms with Crippen molar-refractivity contribution in [3.63, 3.8) is 0 Å². The second kappa shape index (κ2) is 8.43. The van der Waals surface area contributed by atoms with Crippen LogP contribution in [0.4, 0.5) is 0 Å². The molecule has 3 aromatic rings. The Bertz CT molecular complexity index is 600. The van der Waals surface area contributed by atoms with Gasteiger partial charge < -0.3 is 0 Å². The molecular weight excluding hydrogens is 363 g/mol. The van der Waals surface area contributed by atoms with Crippen LogP contribution in [0.1, 0.15) is 12.8 Å². The Labute approximate surface area is 148 Å². The van der Waals surface area contributed by atoms with Gasteiger partial charge in [0.2, 0.25) is 0 Å². The van der Waals surface area contributed by atoms with Crippen LogP contribution in [0.3, 0.4) is 0 Å². The van der Waals surface area contributed by atoms with Crippen molar-refractivity contribution in [3.05, 3.63) is 91.0 Å². The first-order valence-electron chi connectivity index (χ1n) is 7.94. The largest absolute Gasteiger partial charge is 0.0891 e. The Morgan fingerprint density at radius 3 is 1.04 bits per heavy atom. The molecule has 1 fully saturated rings. The molecule has 0 radical (unpaired) electrons. The zero-order chi connectivity index (χ0) is 15.9. The van der Waals surface area contributed by atoms with Crippen LogP contribution in [0.2, 0.25) is 0 Å². The minimum absolute atomic E-state index is 0.446. The number of hydrogen-bond donors (Lipinski definition) is 0. The normalized spacial score (nSPS) is 13.3. The summed E-state index contributed by atoms with van der Waals surface area (Å²) in [7, 11) is -0.446. The van der Waals surface area contributed by atoms with Gasteiger partial charge in [0.1, 0.15) is 0 Å². The van der Waals surface area contributed by atoms with Crippen molar-refractivity contribution < 1.29 is 0 Å². The maximum atomic E-state index is 3.38. The van der Waals surface area contributed by atoms with E-state index in [1.807, 2.05) is 0 Å². The number of hydrogen-bond acceptors (Lipinski definition) is 0. The molecule has 1 aliphatic carbocycles. The van der Waals surface area contributed by atoms with Gasteiger partial charge in [-0.05, 0) is 36.7 Å². The molecule has 1 saturated carbocycles. The fourth-order valence-electron chi connectivity index (χ4n) is 2.24. The molecule has 3 aromatic carbocycles. The Morgan fingerprint density at radius 1 is 0.565 bits per heavy atom. The fraction of sp³-hybridized carbons (Fsp3) is 0.143. The first-order valence-corrected chi connectivity index (χ1v) is 10.2. The highest BCUT2D eigenvalue weighted by atomic mass is 79.9. The van der Waals surface area contributed by atoms with E-state index in [0.717, 1.165) is 4.83 Å². The van der Waals surface area contributed by atoms with Crippen LogP contribution < -0.4 is 15.9 Å². The minimum Gasteiger partial charge on any atom is -0.0891 e. The highest BCUT2D eigenvalue weighted by Gasteiger charge is 2.15. The van der Waals surface area contributed by atoms with Crippen molar-refractivity contribution in [3.8, 4) is 0 Å². The third-order valence-electron chi connectivity index (χ3n) is 3.55. The molecule has 4 rings (SSSR count). The summed E-state index contributed by atoms with van der Waals surface area (Å²) in [6.45, 7) is 0. The SMILES string of the molecule is BrC1CC1.c1ccc(P(c2ccccc2)c2ccccc2)cc1. The predicted molar refractivity (Wildman–Crippen MR) is 107 cm³/mol. The first-order chi connectivity index (χ1) is 11.3. The van der Waals surface area contributed by atoms with E-state index in [9.17, 15) is 0 Å². The lowest BCUT2D eigenvalue weighted by Gasteiger charge is -2.18. The molecule has 0 heterocycles. The summed E-state index contributed by atoms with van der Waals surface area (Å²) in [6.07, 6.45) is 2.81. The maximum Gasteiger partial charge on any atom is 0.0146 e. The van der Waals surface area contributed by atoms with E-state index in [1.165, 1.54) is 28.8 Å². The summed E-state index contributed by atoms with van der Waals surface area (Å²) in [5.74, 6) is 0. The second-order valence-corrected chi connectivity index (χ2v) is 9.03. The van der Waals surface area contributed by atoms with Crippen LogP contribution in [0.15, 0.2) is 91.0 Å². The smallest absolute Gasteiger partial charge is 0.0146 e. The standard InChI is InChI=1S/C18H15P.C3H5Br/c1-4-10-16(11-5-1)19(17-12-6-2-7-13-17)18-14-8-3-9-15-18;4-3-1-2-3/h1-15H;3H,1-2H2. The van der Waals surface area contributed by atoms with Gasteiger partial charge >= 0.3 is 0 Å². The van der Waals surface area contributed by atoms with Crippen molar-refractivity contribution in [2.75, 3.05) is 0 Å². The molecule has 0 bridgehead atoms. The van der Waals surface area contributed by atoms with E-state index in [2.05, 4.69) is 107 Å². The average Bonchev–Trinajstić information content (AvgIpc) is 3.41. The summed E-state index contributed by atoms with van der Waals surface area (Å²) in [5.41, 5.74) is 0.